The average Bonchev–Trinajstić information content (AvgIpc) is 2.60. The minimum absolute atomic E-state index is 0.0227. The number of hydrogen-bond acceptors (Lipinski definition) is 1. The van der Waals surface area contributed by atoms with Crippen LogP contribution < -0.4 is 4.90 Å². The first-order valence-electron chi connectivity index (χ1n) is 7.69. The minimum Gasteiger partial charge on any atom is -0.277 e. The SMILES string of the molecule is Cc1cccc(N(C(=O)c2ccccc2)c2ccccc2)c1C. The summed E-state index contributed by atoms with van der Waals surface area (Å²) in [7, 11) is 0. The van der Waals surface area contributed by atoms with Crippen molar-refractivity contribution in [2.75, 3.05) is 4.90 Å². The number of aryl methyl sites for hydroxylation is 1. The lowest BCUT2D eigenvalue weighted by molar-refractivity contribution is 0.0999. The van der Waals surface area contributed by atoms with E-state index in [9.17, 15) is 4.79 Å². The third kappa shape index (κ3) is 3.02. The van der Waals surface area contributed by atoms with Crippen molar-refractivity contribution in [3.63, 3.8) is 0 Å². The van der Waals surface area contributed by atoms with Crippen molar-refractivity contribution in [2.24, 2.45) is 0 Å². The lowest BCUT2D eigenvalue weighted by Gasteiger charge is -2.25. The Labute approximate surface area is 137 Å². The second-order valence-electron chi connectivity index (χ2n) is 5.56. The van der Waals surface area contributed by atoms with E-state index in [4.69, 9.17) is 0 Å². The Morgan fingerprint density at radius 3 is 2.00 bits per heavy atom. The smallest absolute Gasteiger partial charge is 0.262 e. The second kappa shape index (κ2) is 6.49. The summed E-state index contributed by atoms with van der Waals surface area (Å²) in [6.07, 6.45) is 0. The summed E-state index contributed by atoms with van der Waals surface area (Å²) >= 11 is 0. The number of para-hydroxylation sites is 1. The van der Waals surface area contributed by atoms with Crippen LogP contribution in [-0.4, -0.2) is 5.91 Å². The maximum Gasteiger partial charge on any atom is 0.262 e. The van der Waals surface area contributed by atoms with Crippen LogP contribution in [0.5, 0.6) is 0 Å². The molecule has 3 aromatic rings. The fourth-order valence-corrected chi connectivity index (χ4v) is 2.63. The Morgan fingerprint density at radius 1 is 0.739 bits per heavy atom. The number of amides is 1. The molecule has 0 bridgehead atoms. The first kappa shape index (κ1) is 15.0. The van der Waals surface area contributed by atoms with Gasteiger partial charge in [-0.2, -0.15) is 0 Å². The van der Waals surface area contributed by atoms with E-state index in [1.54, 1.807) is 4.90 Å². The van der Waals surface area contributed by atoms with Gasteiger partial charge in [-0.25, -0.2) is 0 Å². The molecule has 0 saturated heterocycles. The first-order chi connectivity index (χ1) is 11.2. The van der Waals surface area contributed by atoms with E-state index in [0.717, 1.165) is 16.9 Å². The van der Waals surface area contributed by atoms with Crippen LogP contribution in [0.3, 0.4) is 0 Å². The molecule has 0 N–H and O–H groups in total. The molecule has 0 aliphatic carbocycles. The van der Waals surface area contributed by atoms with Crippen molar-refractivity contribution in [3.8, 4) is 0 Å². The van der Waals surface area contributed by atoms with Gasteiger partial charge < -0.3 is 0 Å². The lowest BCUT2D eigenvalue weighted by Crippen LogP contribution is -2.26. The zero-order valence-corrected chi connectivity index (χ0v) is 13.4. The summed E-state index contributed by atoms with van der Waals surface area (Å²) in [5.41, 5.74) is 4.75. The van der Waals surface area contributed by atoms with Gasteiger partial charge in [0.15, 0.2) is 0 Å². The summed E-state index contributed by atoms with van der Waals surface area (Å²) in [5.74, 6) is -0.0227. The zero-order chi connectivity index (χ0) is 16.2. The van der Waals surface area contributed by atoms with Gasteiger partial charge in [0.1, 0.15) is 0 Å². The van der Waals surface area contributed by atoms with E-state index >= 15 is 0 Å². The van der Waals surface area contributed by atoms with Crippen molar-refractivity contribution >= 4 is 17.3 Å². The summed E-state index contributed by atoms with van der Waals surface area (Å²) < 4.78 is 0. The van der Waals surface area contributed by atoms with Crippen LogP contribution in [0.25, 0.3) is 0 Å². The molecule has 0 atom stereocenters. The second-order valence-corrected chi connectivity index (χ2v) is 5.56. The fraction of sp³-hybridized carbons (Fsp3) is 0.0952. The van der Waals surface area contributed by atoms with Crippen LogP contribution in [0.15, 0.2) is 78.9 Å². The van der Waals surface area contributed by atoms with E-state index in [1.807, 2.05) is 72.8 Å². The molecule has 2 nitrogen and oxygen atoms in total. The summed E-state index contributed by atoms with van der Waals surface area (Å²) in [4.78, 5) is 14.9. The summed E-state index contributed by atoms with van der Waals surface area (Å²) in [6, 6.07) is 25.2. The minimum atomic E-state index is -0.0227. The van der Waals surface area contributed by atoms with Crippen molar-refractivity contribution in [1.29, 1.82) is 0 Å². The van der Waals surface area contributed by atoms with Crippen molar-refractivity contribution in [3.05, 3.63) is 95.6 Å². The lowest BCUT2D eigenvalue weighted by atomic mass is 10.1. The largest absolute Gasteiger partial charge is 0.277 e. The quantitative estimate of drug-likeness (QED) is 0.644. The predicted octanol–water partition coefficient (Wildman–Crippen LogP) is 5.28. The Kier molecular flexibility index (Phi) is 4.24. The van der Waals surface area contributed by atoms with Crippen molar-refractivity contribution in [1.82, 2.24) is 0 Å². The molecule has 3 rings (SSSR count). The van der Waals surface area contributed by atoms with Gasteiger partial charge in [-0.15, -0.1) is 0 Å². The molecule has 0 fully saturated rings. The van der Waals surface area contributed by atoms with Crippen LogP contribution in [0, 0.1) is 13.8 Å². The van der Waals surface area contributed by atoms with Crippen molar-refractivity contribution in [2.45, 2.75) is 13.8 Å². The van der Waals surface area contributed by atoms with Crippen LogP contribution >= 0.6 is 0 Å². The van der Waals surface area contributed by atoms with E-state index in [1.165, 1.54) is 5.56 Å². The van der Waals surface area contributed by atoms with Crippen LogP contribution in [0.4, 0.5) is 11.4 Å². The number of rotatable bonds is 3. The van der Waals surface area contributed by atoms with Gasteiger partial charge >= 0.3 is 0 Å². The average molecular weight is 301 g/mol. The predicted molar refractivity (Wildman–Crippen MR) is 95.3 cm³/mol. The number of carbonyl (C=O) groups excluding carboxylic acids is 1. The molecule has 0 spiro atoms. The molecule has 3 aromatic carbocycles. The van der Waals surface area contributed by atoms with E-state index in [-0.39, 0.29) is 5.91 Å². The molecule has 0 heterocycles. The summed E-state index contributed by atoms with van der Waals surface area (Å²) in [5, 5.41) is 0. The Hall–Kier alpha value is -2.87. The van der Waals surface area contributed by atoms with E-state index in [0.29, 0.717) is 5.56 Å². The van der Waals surface area contributed by atoms with Crippen LogP contribution in [0.2, 0.25) is 0 Å². The highest BCUT2D eigenvalue weighted by atomic mass is 16.2. The number of hydrogen-bond donors (Lipinski definition) is 0. The maximum atomic E-state index is 13.1. The number of nitrogens with zero attached hydrogens (tertiary/aromatic N) is 1. The Morgan fingerprint density at radius 2 is 1.35 bits per heavy atom. The molecule has 0 aromatic heterocycles. The van der Waals surface area contributed by atoms with Crippen molar-refractivity contribution < 1.29 is 4.79 Å². The molecule has 0 radical (unpaired) electrons. The van der Waals surface area contributed by atoms with Gasteiger partial charge in [0.2, 0.25) is 0 Å². The number of benzene rings is 3. The highest BCUT2D eigenvalue weighted by Gasteiger charge is 2.21. The van der Waals surface area contributed by atoms with Gasteiger partial charge in [0, 0.05) is 11.3 Å². The molecular formula is C21H19NO. The molecule has 0 aliphatic rings. The Bertz CT molecular complexity index is 810. The monoisotopic (exact) mass is 301 g/mol. The van der Waals surface area contributed by atoms with Gasteiger partial charge in [-0.05, 0) is 55.3 Å². The van der Waals surface area contributed by atoms with E-state index < -0.39 is 0 Å². The van der Waals surface area contributed by atoms with Gasteiger partial charge in [0.25, 0.3) is 5.91 Å². The molecule has 0 saturated carbocycles. The molecule has 0 unspecified atom stereocenters. The highest BCUT2D eigenvalue weighted by molar-refractivity contribution is 6.11. The molecule has 1 amide bonds. The zero-order valence-electron chi connectivity index (χ0n) is 13.4. The number of carbonyl (C=O) groups is 1. The molecule has 2 heteroatoms. The third-order valence-electron chi connectivity index (χ3n) is 4.06. The van der Waals surface area contributed by atoms with Gasteiger partial charge in [-0.3, -0.25) is 9.69 Å². The normalized spacial score (nSPS) is 10.3. The molecule has 0 aliphatic heterocycles. The fourth-order valence-electron chi connectivity index (χ4n) is 2.63. The standard InChI is InChI=1S/C21H19NO/c1-16-10-9-15-20(17(16)2)22(19-13-7-4-8-14-19)21(23)18-11-5-3-6-12-18/h3-15H,1-2H3. The topological polar surface area (TPSA) is 20.3 Å². The molecular weight excluding hydrogens is 282 g/mol. The first-order valence-corrected chi connectivity index (χ1v) is 7.69. The highest BCUT2D eigenvalue weighted by Crippen LogP contribution is 2.31. The van der Waals surface area contributed by atoms with Crippen LogP contribution in [-0.2, 0) is 0 Å². The number of anilines is 2. The molecule has 23 heavy (non-hydrogen) atoms. The van der Waals surface area contributed by atoms with Gasteiger partial charge in [0.05, 0.1) is 5.69 Å². The third-order valence-corrected chi connectivity index (χ3v) is 4.06. The maximum absolute atomic E-state index is 13.1. The Balaban J connectivity index is 2.15. The van der Waals surface area contributed by atoms with Crippen LogP contribution in [0.1, 0.15) is 21.5 Å². The molecule has 114 valence electrons. The summed E-state index contributed by atoms with van der Waals surface area (Å²) in [6.45, 7) is 4.12. The van der Waals surface area contributed by atoms with E-state index in [2.05, 4.69) is 19.9 Å². The van der Waals surface area contributed by atoms with Gasteiger partial charge in [-0.1, -0.05) is 48.5 Å².